The minimum Gasteiger partial charge on any atom is -0.315 e. The van der Waals surface area contributed by atoms with Gasteiger partial charge in [0, 0.05) is 31.3 Å². The minimum atomic E-state index is 0.0424. The summed E-state index contributed by atoms with van der Waals surface area (Å²) in [6.07, 6.45) is 2.73. The van der Waals surface area contributed by atoms with E-state index < -0.39 is 0 Å². The van der Waals surface area contributed by atoms with Gasteiger partial charge in [0.15, 0.2) is 10.9 Å². The van der Waals surface area contributed by atoms with E-state index in [1.807, 2.05) is 23.7 Å². The fourth-order valence-electron chi connectivity index (χ4n) is 3.01. The van der Waals surface area contributed by atoms with E-state index in [2.05, 4.69) is 10.2 Å². The monoisotopic (exact) mass is 342 g/mol. The molecule has 1 aromatic heterocycles. The van der Waals surface area contributed by atoms with Gasteiger partial charge in [0.1, 0.15) is 5.82 Å². The molecule has 0 bridgehead atoms. The summed E-state index contributed by atoms with van der Waals surface area (Å²) in [6, 6.07) is 5.49. The highest BCUT2D eigenvalue weighted by atomic mass is 32.2. The number of likely N-dealkylation sites (N-methyl/N-ethyl adjacent to an activating group) is 1. The minimum absolute atomic E-state index is 0.0424. The quantitative estimate of drug-likeness (QED) is 0.615. The van der Waals surface area contributed by atoms with Crippen LogP contribution in [0, 0.1) is 0 Å². The molecule has 7 heteroatoms. The summed E-state index contributed by atoms with van der Waals surface area (Å²) in [5.41, 5.74) is 2.47. The lowest BCUT2D eigenvalue weighted by atomic mass is 10.1. The van der Waals surface area contributed by atoms with Crippen LogP contribution >= 0.6 is 11.8 Å². The summed E-state index contributed by atoms with van der Waals surface area (Å²) in [5, 5.41) is 9.20. The normalized spacial score (nSPS) is 16.6. The molecule has 0 N–H and O–H groups in total. The number of amides is 1. The van der Waals surface area contributed by atoms with Crippen molar-refractivity contribution in [3.05, 3.63) is 35.2 Å². The molecule has 1 saturated carbocycles. The number of Topliss-reactive ketones (excluding diaryl/α,β-unsaturated/α-hetero) is 1. The molecule has 1 fully saturated rings. The van der Waals surface area contributed by atoms with Gasteiger partial charge in [-0.1, -0.05) is 11.8 Å². The molecule has 24 heavy (non-hydrogen) atoms. The van der Waals surface area contributed by atoms with Crippen molar-refractivity contribution in [2.24, 2.45) is 7.05 Å². The summed E-state index contributed by atoms with van der Waals surface area (Å²) >= 11 is 1.41. The van der Waals surface area contributed by atoms with E-state index in [0.717, 1.165) is 22.2 Å². The molecule has 2 heterocycles. The Balaban J connectivity index is 1.45. The molecule has 0 spiro atoms. The molecule has 6 nitrogen and oxygen atoms in total. The van der Waals surface area contributed by atoms with Crippen LogP contribution in [0.3, 0.4) is 0 Å². The van der Waals surface area contributed by atoms with Gasteiger partial charge in [0.25, 0.3) is 0 Å². The van der Waals surface area contributed by atoms with E-state index in [1.54, 1.807) is 18.0 Å². The highest BCUT2D eigenvalue weighted by Crippen LogP contribution is 2.39. The number of carbonyl (C=O) groups excluding carboxylic acids is 2. The van der Waals surface area contributed by atoms with Gasteiger partial charge in [-0.25, -0.2) is 0 Å². The summed E-state index contributed by atoms with van der Waals surface area (Å²) in [5.74, 6) is 1.98. The number of fused-ring (bicyclic) bond motifs is 1. The number of thioether (sulfide) groups is 1. The van der Waals surface area contributed by atoms with E-state index in [0.29, 0.717) is 23.7 Å². The molecule has 2 aliphatic rings. The molecule has 4 rings (SSSR count). The number of anilines is 1. The van der Waals surface area contributed by atoms with E-state index >= 15 is 0 Å². The molecule has 0 atom stereocenters. The van der Waals surface area contributed by atoms with E-state index in [4.69, 9.17) is 0 Å². The highest BCUT2D eigenvalue weighted by Gasteiger charge is 2.29. The van der Waals surface area contributed by atoms with Crippen molar-refractivity contribution in [2.45, 2.75) is 30.3 Å². The fraction of sp³-hybridized carbons (Fsp3) is 0.412. The Bertz CT molecular complexity index is 841. The van der Waals surface area contributed by atoms with Gasteiger partial charge in [0.05, 0.1) is 12.2 Å². The lowest BCUT2D eigenvalue weighted by Gasteiger charge is -2.10. The number of ketones is 1. The predicted octanol–water partition coefficient (Wildman–Crippen LogP) is 2.19. The Morgan fingerprint density at radius 2 is 2.08 bits per heavy atom. The largest absolute Gasteiger partial charge is 0.315 e. The zero-order valence-corrected chi connectivity index (χ0v) is 14.5. The number of benzene rings is 1. The Kier molecular flexibility index (Phi) is 3.68. The average Bonchev–Trinajstić information content (AvgIpc) is 3.29. The molecule has 1 aliphatic carbocycles. The molecule has 2 aromatic rings. The molecular formula is C17H18N4O2S. The number of rotatable bonds is 5. The Labute approximate surface area is 144 Å². The van der Waals surface area contributed by atoms with E-state index in [1.165, 1.54) is 24.6 Å². The van der Waals surface area contributed by atoms with Crippen LogP contribution < -0.4 is 4.90 Å². The van der Waals surface area contributed by atoms with Crippen LogP contribution in [0.5, 0.6) is 0 Å². The zero-order valence-electron chi connectivity index (χ0n) is 13.7. The van der Waals surface area contributed by atoms with E-state index in [9.17, 15) is 9.59 Å². The lowest BCUT2D eigenvalue weighted by molar-refractivity contribution is -0.117. The van der Waals surface area contributed by atoms with Crippen molar-refractivity contribution in [3.63, 3.8) is 0 Å². The summed E-state index contributed by atoms with van der Waals surface area (Å²) < 4.78 is 1.99. The van der Waals surface area contributed by atoms with Crippen LogP contribution in [0.4, 0.5) is 5.69 Å². The van der Waals surface area contributed by atoms with Gasteiger partial charge in [-0.3, -0.25) is 9.59 Å². The maximum Gasteiger partial charge on any atom is 0.231 e. The van der Waals surface area contributed by atoms with Crippen LogP contribution in [0.2, 0.25) is 0 Å². The molecule has 0 radical (unpaired) electrons. The van der Waals surface area contributed by atoms with Crippen LogP contribution in [0.1, 0.15) is 40.5 Å². The first kappa shape index (κ1) is 15.4. The fourth-order valence-corrected chi connectivity index (χ4v) is 3.82. The van der Waals surface area contributed by atoms with Crippen molar-refractivity contribution in [1.82, 2.24) is 14.8 Å². The summed E-state index contributed by atoms with van der Waals surface area (Å²) in [4.78, 5) is 25.8. The van der Waals surface area contributed by atoms with Gasteiger partial charge in [-0.15, -0.1) is 10.2 Å². The zero-order chi connectivity index (χ0) is 16.8. The van der Waals surface area contributed by atoms with Gasteiger partial charge in [-0.05, 0) is 36.6 Å². The topological polar surface area (TPSA) is 68.1 Å². The highest BCUT2D eigenvalue weighted by molar-refractivity contribution is 7.99. The number of hydrogen-bond acceptors (Lipinski definition) is 5. The molecule has 124 valence electrons. The first-order valence-corrected chi connectivity index (χ1v) is 8.98. The van der Waals surface area contributed by atoms with E-state index in [-0.39, 0.29) is 11.7 Å². The molecule has 1 aromatic carbocycles. The van der Waals surface area contributed by atoms with Crippen molar-refractivity contribution in [3.8, 4) is 0 Å². The smallest absolute Gasteiger partial charge is 0.231 e. The maximum absolute atomic E-state index is 12.5. The third-order valence-electron chi connectivity index (χ3n) is 4.62. The average molecular weight is 342 g/mol. The predicted molar refractivity (Wildman–Crippen MR) is 91.6 cm³/mol. The second kappa shape index (κ2) is 5.73. The van der Waals surface area contributed by atoms with Gasteiger partial charge in [-0.2, -0.15) is 0 Å². The Morgan fingerprint density at radius 3 is 2.83 bits per heavy atom. The van der Waals surface area contributed by atoms with Crippen LogP contribution in [0.25, 0.3) is 0 Å². The summed E-state index contributed by atoms with van der Waals surface area (Å²) in [6.45, 7) is 0. The van der Waals surface area contributed by atoms with Crippen molar-refractivity contribution >= 4 is 29.1 Å². The lowest BCUT2D eigenvalue weighted by Crippen LogP contribution is -2.20. The second-order valence-corrected chi connectivity index (χ2v) is 7.30. The van der Waals surface area contributed by atoms with Crippen LogP contribution in [-0.4, -0.2) is 39.3 Å². The molecular weight excluding hydrogens is 324 g/mol. The van der Waals surface area contributed by atoms with Crippen LogP contribution in [-0.2, 0) is 18.3 Å². The molecule has 0 saturated heterocycles. The standard InChI is InChI=1S/C17H18N4O2S/c1-20-13-6-5-11(7-12(13)8-15(20)23)14(22)9-24-17-19-18-16(21(17)2)10-3-4-10/h5-7,10H,3-4,8-9H2,1-2H3. The molecule has 1 aliphatic heterocycles. The van der Waals surface area contributed by atoms with Crippen molar-refractivity contribution in [1.29, 1.82) is 0 Å². The number of hydrogen-bond donors (Lipinski definition) is 0. The van der Waals surface area contributed by atoms with Crippen molar-refractivity contribution in [2.75, 3.05) is 17.7 Å². The third kappa shape index (κ3) is 2.62. The first-order chi connectivity index (χ1) is 11.5. The number of aromatic nitrogens is 3. The number of carbonyl (C=O) groups is 2. The van der Waals surface area contributed by atoms with Gasteiger partial charge in [0.2, 0.25) is 5.91 Å². The number of nitrogens with zero attached hydrogens (tertiary/aromatic N) is 4. The first-order valence-electron chi connectivity index (χ1n) is 7.99. The Morgan fingerprint density at radius 1 is 1.29 bits per heavy atom. The maximum atomic E-state index is 12.5. The second-order valence-electron chi connectivity index (χ2n) is 6.36. The summed E-state index contributed by atoms with van der Waals surface area (Å²) in [7, 11) is 3.72. The van der Waals surface area contributed by atoms with Crippen molar-refractivity contribution < 1.29 is 9.59 Å². The SMILES string of the molecule is CN1C(=O)Cc2cc(C(=O)CSc3nnc(C4CC4)n3C)ccc21. The Hall–Kier alpha value is -2.15. The van der Waals surface area contributed by atoms with Gasteiger partial charge >= 0.3 is 0 Å². The molecule has 1 amide bonds. The van der Waals surface area contributed by atoms with Crippen LogP contribution in [0.15, 0.2) is 23.4 Å². The molecule has 0 unspecified atom stereocenters. The van der Waals surface area contributed by atoms with Gasteiger partial charge < -0.3 is 9.47 Å². The third-order valence-corrected chi connectivity index (χ3v) is 5.64.